The highest BCUT2D eigenvalue weighted by atomic mass is 16.6. The summed E-state index contributed by atoms with van der Waals surface area (Å²) in [5, 5.41) is 14.4. The van der Waals surface area contributed by atoms with Crippen molar-refractivity contribution in [1.29, 1.82) is 0 Å². The van der Waals surface area contributed by atoms with Gasteiger partial charge in [-0.25, -0.2) is 0 Å². The maximum absolute atomic E-state index is 11.0. The van der Waals surface area contributed by atoms with E-state index in [9.17, 15) is 10.1 Å². The molecule has 1 N–H and O–H groups in total. The van der Waals surface area contributed by atoms with Crippen LogP contribution in [0.4, 0.5) is 11.4 Å². The second-order valence-corrected chi connectivity index (χ2v) is 5.02. The molecule has 104 valence electrons. The fourth-order valence-corrected chi connectivity index (χ4v) is 2.51. The van der Waals surface area contributed by atoms with E-state index in [1.165, 1.54) is 13.2 Å². The van der Waals surface area contributed by atoms with Crippen molar-refractivity contribution >= 4 is 11.4 Å². The molecule has 0 bridgehead atoms. The van der Waals surface area contributed by atoms with Crippen LogP contribution in [-0.2, 0) is 0 Å². The van der Waals surface area contributed by atoms with E-state index < -0.39 is 0 Å². The van der Waals surface area contributed by atoms with Crippen LogP contribution in [0.1, 0.15) is 13.8 Å². The Morgan fingerprint density at radius 3 is 2.47 bits per heavy atom. The molecule has 1 fully saturated rings. The lowest BCUT2D eigenvalue weighted by Crippen LogP contribution is -2.54. The highest BCUT2D eigenvalue weighted by molar-refractivity contribution is 5.58. The second-order valence-electron chi connectivity index (χ2n) is 5.02. The summed E-state index contributed by atoms with van der Waals surface area (Å²) >= 11 is 0. The number of nitro benzene ring substituents is 1. The fraction of sp³-hybridized carbons (Fsp3) is 0.538. The highest BCUT2D eigenvalue weighted by Crippen LogP contribution is 2.29. The van der Waals surface area contributed by atoms with Crippen molar-refractivity contribution in [2.24, 2.45) is 0 Å². The minimum atomic E-state index is -0.388. The van der Waals surface area contributed by atoms with Gasteiger partial charge in [-0.1, -0.05) is 0 Å². The maximum Gasteiger partial charge on any atom is 0.275 e. The van der Waals surface area contributed by atoms with Crippen molar-refractivity contribution in [3.05, 3.63) is 28.3 Å². The molecule has 0 saturated carbocycles. The predicted molar refractivity (Wildman–Crippen MR) is 73.9 cm³/mol. The number of methoxy groups -OCH3 is 1. The van der Waals surface area contributed by atoms with Crippen LogP contribution in [0.5, 0.6) is 5.75 Å². The van der Waals surface area contributed by atoms with Crippen molar-refractivity contribution in [2.75, 3.05) is 25.1 Å². The van der Waals surface area contributed by atoms with E-state index in [4.69, 9.17) is 4.74 Å². The van der Waals surface area contributed by atoms with E-state index >= 15 is 0 Å². The Morgan fingerprint density at radius 1 is 1.32 bits per heavy atom. The van der Waals surface area contributed by atoms with Crippen LogP contribution in [0, 0.1) is 10.1 Å². The first-order chi connectivity index (χ1) is 8.99. The quantitative estimate of drug-likeness (QED) is 0.666. The summed E-state index contributed by atoms with van der Waals surface area (Å²) in [6, 6.07) is 5.60. The third-order valence-electron chi connectivity index (χ3n) is 3.25. The zero-order valence-electron chi connectivity index (χ0n) is 11.4. The first-order valence-electron chi connectivity index (χ1n) is 6.34. The van der Waals surface area contributed by atoms with E-state index in [-0.39, 0.29) is 10.6 Å². The summed E-state index contributed by atoms with van der Waals surface area (Å²) in [4.78, 5) is 12.7. The van der Waals surface area contributed by atoms with Crippen molar-refractivity contribution in [1.82, 2.24) is 5.32 Å². The second kappa shape index (κ2) is 5.44. The summed E-state index contributed by atoms with van der Waals surface area (Å²) < 4.78 is 5.14. The molecule has 19 heavy (non-hydrogen) atoms. The number of anilines is 1. The number of hydrogen-bond donors (Lipinski definition) is 1. The summed E-state index contributed by atoms with van der Waals surface area (Å²) in [6.07, 6.45) is 0. The molecule has 2 rings (SSSR count). The number of nitrogens with zero attached hydrogens (tertiary/aromatic N) is 2. The van der Waals surface area contributed by atoms with E-state index in [1.807, 2.05) is 6.07 Å². The largest absolute Gasteiger partial charge is 0.496 e. The van der Waals surface area contributed by atoms with Crippen LogP contribution in [-0.4, -0.2) is 37.2 Å². The average Bonchev–Trinajstić information content (AvgIpc) is 2.37. The van der Waals surface area contributed by atoms with Crippen molar-refractivity contribution in [2.45, 2.75) is 25.9 Å². The van der Waals surface area contributed by atoms with Crippen LogP contribution in [0.25, 0.3) is 0 Å². The van der Waals surface area contributed by atoms with Gasteiger partial charge in [0, 0.05) is 43.0 Å². The molecule has 1 aromatic carbocycles. The molecule has 6 heteroatoms. The molecule has 2 unspecified atom stereocenters. The Bertz CT molecular complexity index is 468. The first-order valence-corrected chi connectivity index (χ1v) is 6.34. The lowest BCUT2D eigenvalue weighted by Gasteiger charge is -2.37. The Morgan fingerprint density at radius 2 is 1.95 bits per heavy atom. The van der Waals surface area contributed by atoms with E-state index in [2.05, 4.69) is 24.1 Å². The molecule has 0 radical (unpaired) electrons. The van der Waals surface area contributed by atoms with Gasteiger partial charge in [-0.05, 0) is 13.8 Å². The molecule has 1 aliphatic rings. The number of benzene rings is 1. The van der Waals surface area contributed by atoms with Gasteiger partial charge < -0.3 is 15.0 Å². The molecule has 2 atom stereocenters. The average molecular weight is 265 g/mol. The molecule has 6 nitrogen and oxygen atoms in total. The Labute approximate surface area is 112 Å². The number of nitrogens with one attached hydrogen (secondary N) is 1. The van der Waals surface area contributed by atoms with E-state index in [0.717, 1.165) is 18.8 Å². The summed E-state index contributed by atoms with van der Waals surface area (Å²) in [5.41, 5.74) is 0.902. The fourth-order valence-electron chi connectivity index (χ4n) is 2.51. The first kappa shape index (κ1) is 13.6. The normalized spacial score (nSPS) is 23.2. The van der Waals surface area contributed by atoms with Gasteiger partial charge in [-0.3, -0.25) is 10.1 Å². The Kier molecular flexibility index (Phi) is 3.90. The molecule has 1 heterocycles. The minimum Gasteiger partial charge on any atom is -0.496 e. The Hall–Kier alpha value is -1.82. The van der Waals surface area contributed by atoms with Crippen LogP contribution in [0.15, 0.2) is 18.2 Å². The van der Waals surface area contributed by atoms with Crippen LogP contribution in [0.2, 0.25) is 0 Å². The predicted octanol–water partition coefficient (Wildman–Crippen LogP) is 1.79. The van der Waals surface area contributed by atoms with E-state index in [1.54, 1.807) is 6.07 Å². The standard InChI is InChI=1S/C13H19N3O3/c1-9-7-15(8-10(2)14-9)11-4-12(16(17)18)6-13(5-11)19-3/h4-6,9-10,14H,7-8H2,1-3H3. The number of nitro groups is 1. The third-order valence-corrected chi connectivity index (χ3v) is 3.25. The Balaban J connectivity index is 2.32. The summed E-state index contributed by atoms with van der Waals surface area (Å²) in [5.74, 6) is 0.517. The monoisotopic (exact) mass is 265 g/mol. The number of rotatable bonds is 3. The van der Waals surface area contributed by atoms with Gasteiger partial charge in [0.05, 0.1) is 18.1 Å². The zero-order chi connectivity index (χ0) is 14.0. The molecule has 0 spiro atoms. The van der Waals surface area contributed by atoms with E-state index in [0.29, 0.717) is 17.8 Å². The van der Waals surface area contributed by atoms with Gasteiger partial charge in [0.1, 0.15) is 5.75 Å². The van der Waals surface area contributed by atoms with Crippen molar-refractivity contribution < 1.29 is 9.66 Å². The topological polar surface area (TPSA) is 67.6 Å². The van der Waals surface area contributed by atoms with Gasteiger partial charge in [-0.15, -0.1) is 0 Å². The summed E-state index contributed by atoms with van der Waals surface area (Å²) in [7, 11) is 1.52. The summed E-state index contributed by atoms with van der Waals surface area (Å²) in [6.45, 7) is 5.87. The minimum absolute atomic E-state index is 0.0631. The van der Waals surface area contributed by atoms with Gasteiger partial charge >= 0.3 is 0 Å². The van der Waals surface area contributed by atoms with Crippen LogP contribution < -0.4 is 15.0 Å². The number of ether oxygens (including phenoxy) is 1. The van der Waals surface area contributed by atoms with Crippen LogP contribution in [0.3, 0.4) is 0 Å². The van der Waals surface area contributed by atoms with Crippen molar-refractivity contribution in [3.8, 4) is 5.75 Å². The number of hydrogen-bond acceptors (Lipinski definition) is 5. The molecule has 1 aliphatic heterocycles. The maximum atomic E-state index is 11.0. The molecule has 0 amide bonds. The van der Waals surface area contributed by atoms with Gasteiger partial charge in [0.25, 0.3) is 5.69 Å². The third kappa shape index (κ3) is 3.14. The van der Waals surface area contributed by atoms with Gasteiger partial charge in [0.2, 0.25) is 0 Å². The number of piperazine rings is 1. The van der Waals surface area contributed by atoms with Crippen molar-refractivity contribution in [3.63, 3.8) is 0 Å². The van der Waals surface area contributed by atoms with Gasteiger partial charge in [0.15, 0.2) is 0 Å². The number of non-ortho nitro benzene ring substituents is 1. The lowest BCUT2D eigenvalue weighted by molar-refractivity contribution is -0.384. The molecule has 1 aromatic rings. The molecule has 1 saturated heterocycles. The molecular formula is C13H19N3O3. The molecular weight excluding hydrogens is 246 g/mol. The lowest BCUT2D eigenvalue weighted by atomic mass is 10.1. The van der Waals surface area contributed by atoms with Crippen LogP contribution >= 0.6 is 0 Å². The molecule has 0 aliphatic carbocycles. The highest BCUT2D eigenvalue weighted by Gasteiger charge is 2.23. The SMILES string of the molecule is COc1cc(N2CC(C)NC(C)C2)cc([N+](=O)[O-])c1. The zero-order valence-corrected chi connectivity index (χ0v) is 11.4. The van der Waals surface area contributed by atoms with Gasteiger partial charge in [-0.2, -0.15) is 0 Å². The molecule has 0 aromatic heterocycles. The smallest absolute Gasteiger partial charge is 0.275 e.